The Hall–Kier alpha value is -0.160. The number of fused-ring (bicyclic) bond motifs is 4. The second kappa shape index (κ2) is 4.69. The van der Waals surface area contributed by atoms with E-state index in [9.17, 15) is 0 Å². The van der Waals surface area contributed by atoms with Crippen molar-refractivity contribution < 1.29 is 0 Å². The van der Waals surface area contributed by atoms with Gasteiger partial charge >= 0.3 is 0 Å². The highest BCUT2D eigenvalue weighted by Crippen LogP contribution is 2.39. The molecule has 0 radical (unpaired) electrons. The molecule has 3 atom stereocenters. The minimum atomic E-state index is 0.609. The summed E-state index contributed by atoms with van der Waals surface area (Å²) in [5, 5.41) is 9.07. The van der Waals surface area contributed by atoms with E-state index < -0.39 is 0 Å². The first-order valence-electron chi connectivity index (χ1n) is 8.18. The predicted octanol–water partition coefficient (Wildman–Crippen LogP) is 0.755. The SMILES string of the molecule is CN1CCC2CCC1CN2N1CCC2(CCNC2)C1. The molecule has 1 N–H and O–H groups in total. The van der Waals surface area contributed by atoms with Crippen molar-refractivity contribution in [3.63, 3.8) is 0 Å². The molecule has 108 valence electrons. The van der Waals surface area contributed by atoms with Crippen molar-refractivity contribution in [2.75, 3.05) is 46.3 Å². The molecule has 0 aromatic carbocycles. The van der Waals surface area contributed by atoms with E-state index in [1.165, 1.54) is 71.4 Å². The topological polar surface area (TPSA) is 21.8 Å². The van der Waals surface area contributed by atoms with Gasteiger partial charge in [-0.2, -0.15) is 0 Å². The largest absolute Gasteiger partial charge is 0.316 e. The van der Waals surface area contributed by atoms with Crippen LogP contribution in [-0.2, 0) is 0 Å². The molecule has 4 nitrogen and oxygen atoms in total. The third-order valence-corrected chi connectivity index (χ3v) is 6.20. The zero-order valence-electron chi connectivity index (χ0n) is 12.3. The zero-order chi connectivity index (χ0) is 12.9. The maximum atomic E-state index is 3.58. The van der Waals surface area contributed by atoms with Gasteiger partial charge < -0.3 is 10.2 Å². The second-order valence-electron chi connectivity index (χ2n) is 7.34. The van der Waals surface area contributed by atoms with Gasteiger partial charge in [0.15, 0.2) is 0 Å². The van der Waals surface area contributed by atoms with Gasteiger partial charge in [0.1, 0.15) is 0 Å². The quantitative estimate of drug-likeness (QED) is 0.754. The summed E-state index contributed by atoms with van der Waals surface area (Å²) >= 11 is 0. The Morgan fingerprint density at radius 1 is 1.05 bits per heavy atom. The molecule has 0 amide bonds. The van der Waals surface area contributed by atoms with E-state index in [0.29, 0.717) is 5.41 Å². The molecule has 2 bridgehead atoms. The van der Waals surface area contributed by atoms with Crippen LogP contribution in [0.3, 0.4) is 0 Å². The highest BCUT2D eigenvalue weighted by atomic mass is 15.7. The molecule has 19 heavy (non-hydrogen) atoms. The van der Waals surface area contributed by atoms with E-state index in [1.807, 2.05) is 0 Å². The Kier molecular flexibility index (Phi) is 3.10. The van der Waals surface area contributed by atoms with Gasteiger partial charge in [-0.05, 0) is 57.7 Å². The van der Waals surface area contributed by atoms with Crippen molar-refractivity contribution in [2.24, 2.45) is 5.41 Å². The molecule has 5 aliphatic rings. The minimum Gasteiger partial charge on any atom is -0.316 e. The number of hydrazine groups is 1. The fourth-order valence-electron chi connectivity index (χ4n) is 4.80. The van der Waals surface area contributed by atoms with Crippen LogP contribution in [0.2, 0.25) is 0 Å². The van der Waals surface area contributed by atoms with Crippen molar-refractivity contribution in [3.05, 3.63) is 0 Å². The molecule has 0 aromatic heterocycles. The van der Waals surface area contributed by atoms with Crippen LogP contribution in [-0.4, -0.2) is 73.3 Å². The van der Waals surface area contributed by atoms with Crippen molar-refractivity contribution in [2.45, 2.75) is 44.2 Å². The monoisotopic (exact) mass is 264 g/mol. The van der Waals surface area contributed by atoms with Gasteiger partial charge in [0.25, 0.3) is 0 Å². The lowest BCUT2D eigenvalue weighted by Gasteiger charge is -2.43. The number of hydrogen-bond donors (Lipinski definition) is 1. The van der Waals surface area contributed by atoms with Crippen molar-refractivity contribution in [3.8, 4) is 0 Å². The summed E-state index contributed by atoms with van der Waals surface area (Å²) in [6.45, 7) is 7.69. The molecule has 0 saturated carbocycles. The summed E-state index contributed by atoms with van der Waals surface area (Å²) in [4.78, 5) is 2.60. The number of hydrogen-bond acceptors (Lipinski definition) is 4. The van der Waals surface area contributed by atoms with E-state index in [1.54, 1.807) is 0 Å². The van der Waals surface area contributed by atoms with Crippen LogP contribution >= 0.6 is 0 Å². The average Bonchev–Trinajstić information content (AvgIpc) is 2.99. The van der Waals surface area contributed by atoms with Crippen LogP contribution in [0.4, 0.5) is 0 Å². The van der Waals surface area contributed by atoms with E-state index >= 15 is 0 Å². The maximum Gasteiger partial charge on any atom is 0.0292 e. The van der Waals surface area contributed by atoms with Crippen LogP contribution in [0, 0.1) is 5.41 Å². The van der Waals surface area contributed by atoms with E-state index in [4.69, 9.17) is 0 Å². The molecule has 3 unspecified atom stereocenters. The number of rotatable bonds is 1. The van der Waals surface area contributed by atoms with Gasteiger partial charge in [-0.25, -0.2) is 10.0 Å². The summed E-state index contributed by atoms with van der Waals surface area (Å²) < 4.78 is 0. The van der Waals surface area contributed by atoms with E-state index in [0.717, 1.165) is 12.1 Å². The molecular weight excluding hydrogens is 236 g/mol. The molecular formula is C15H28N4. The smallest absolute Gasteiger partial charge is 0.0292 e. The molecule has 5 saturated heterocycles. The van der Waals surface area contributed by atoms with Crippen molar-refractivity contribution in [1.29, 1.82) is 0 Å². The molecule has 4 heteroatoms. The molecule has 0 aliphatic carbocycles. The van der Waals surface area contributed by atoms with Crippen LogP contribution in [0.25, 0.3) is 0 Å². The Morgan fingerprint density at radius 2 is 1.95 bits per heavy atom. The fourth-order valence-corrected chi connectivity index (χ4v) is 4.80. The summed E-state index contributed by atoms with van der Waals surface area (Å²) in [5.41, 5.74) is 0.609. The molecule has 1 spiro atoms. The van der Waals surface area contributed by atoms with E-state index in [-0.39, 0.29) is 0 Å². The Balaban J connectivity index is 1.48. The summed E-state index contributed by atoms with van der Waals surface area (Å²) in [7, 11) is 2.32. The van der Waals surface area contributed by atoms with Gasteiger partial charge in [0, 0.05) is 38.3 Å². The number of piperidine rings is 1. The lowest BCUT2D eigenvalue weighted by molar-refractivity contribution is -0.0736. The average molecular weight is 264 g/mol. The zero-order valence-corrected chi connectivity index (χ0v) is 12.3. The summed E-state index contributed by atoms with van der Waals surface area (Å²) in [5.74, 6) is 0. The lowest BCUT2D eigenvalue weighted by Crippen LogP contribution is -2.54. The molecule has 5 rings (SSSR count). The van der Waals surface area contributed by atoms with Crippen LogP contribution < -0.4 is 5.32 Å². The lowest BCUT2D eigenvalue weighted by atomic mass is 9.87. The first-order valence-corrected chi connectivity index (χ1v) is 8.18. The predicted molar refractivity (Wildman–Crippen MR) is 76.9 cm³/mol. The van der Waals surface area contributed by atoms with Crippen LogP contribution in [0.1, 0.15) is 32.1 Å². The third-order valence-electron chi connectivity index (χ3n) is 6.20. The minimum absolute atomic E-state index is 0.609. The van der Waals surface area contributed by atoms with Crippen molar-refractivity contribution in [1.82, 2.24) is 20.2 Å². The van der Waals surface area contributed by atoms with Gasteiger partial charge in [-0.3, -0.25) is 0 Å². The van der Waals surface area contributed by atoms with Gasteiger partial charge in [0.05, 0.1) is 0 Å². The molecule has 5 fully saturated rings. The number of likely N-dealkylation sites (N-methyl/N-ethyl adjacent to an activating group) is 1. The first kappa shape index (κ1) is 12.6. The Bertz CT molecular complexity index is 339. The number of nitrogens with one attached hydrogen (secondary N) is 1. The van der Waals surface area contributed by atoms with Crippen molar-refractivity contribution >= 4 is 0 Å². The second-order valence-corrected chi connectivity index (χ2v) is 7.34. The third kappa shape index (κ3) is 2.13. The van der Waals surface area contributed by atoms with Gasteiger partial charge in [-0.15, -0.1) is 0 Å². The summed E-state index contributed by atoms with van der Waals surface area (Å²) in [6, 6.07) is 1.63. The Morgan fingerprint density at radius 3 is 2.79 bits per heavy atom. The Labute approximate surface area is 117 Å². The normalized spacial score (nSPS) is 45.3. The molecule has 5 heterocycles. The highest BCUT2D eigenvalue weighted by molar-refractivity contribution is 4.97. The van der Waals surface area contributed by atoms with Crippen LogP contribution in [0.5, 0.6) is 0 Å². The van der Waals surface area contributed by atoms with Gasteiger partial charge in [-0.1, -0.05) is 0 Å². The highest BCUT2D eigenvalue weighted by Gasteiger charge is 2.45. The van der Waals surface area contributed by atoms with E-state index in [2.05, 4.69) is 27.3 Å². The fraction of sp³-hybridized carbons (Fsp3) is 1.00. The van der Waals surface area contributed by atoms with Crippen LogP contribution in [0.15, 0.2) is 0 Å². The number of nitrogens with zero attached hydrogens (tertiary/aromatic N) is 3. The molecule has 5 aliphatic heterocycles. The van der Waals surface area contributed by atoms with Gasteiger partial charge in [0.2, 0.25) is 0 Å². The standard InChI is InChI=1S/C15H28N4/c1-17-8-4-13-2-3-14(17)10-19(13)18-9-6-15(12-18)5-7-16-11-15/h13-14,16H,2-12H2,1H3. The first-order chi connectivity index (χ1) is 9.26. The summed E-state index contributed by atoms with van der Waals surface area (Å²) in [6.07, 6.45) is 7.00. The molecule has 0 aromatic rings. The maximum absolute atomic E-state index is 3.58.